The van der Waals surface area contributed by atoms with Crippen molar-refractivity contribution in [3.8, 4) is 0 Å². The van der Waals surface area contributed by atoms with Crippen LogP contribution in [0.5, 0.6) is 0 Å². The Kier molecular flexibility index (Phi) is 7.48. The molecule has 2 rings (SSSR count). The number of ether oxygens (including phenoxy) is 1. The summed E-state index contributed by atoms with van der Waals surface area (Å²) in [6, 6.07) is 0. The van der Waals surface area contributed by atoms with Crippen molar-refractivity contribution < 1.29 is 14.6 Å². The van der Waals surface area contributed by atoms with Crippen molar-refractivity contribution in [2.75, 3.05) is 5.88 Å². The Morgan fingerprint density at radius 2 is 2.04 bits per heavy atom. The molecule has 7 atom stereocenters. The van der Waals surface area contributed by atoms with E-state index in [0.29, 0.717) is 11.8 Å². The predicted octanol–water partition coefficient (Wildman–Crippen LogP) is 5.75. The van der Waals surface area contributed by atoms with Gasteiger partial charge in [-0.3, -0.25) is 4.79 Å². The number of fused-ring (bicyclic) bond motifs is 2. The zero-order chi connectivity index (χ0) is 21.3. The Hall–Kier alpha value is -0.800. The molecular weight excluding hydrogens is 372 g/mol. The Labute approximate surface area is 176 Å². The lowest BCUT2D eigenvalue weighted by Gasteiger charge is -2.53. The molecule has 2 aliphatic rings. The van der Waals surface area contributed by atoms with Crippen molar-refractivity contribution in [2.24, 2.45) is 34.5 Å². The van der Waals surface area contributed by atoms with Crippen LogP contribution in [0.4, 0.5) is 0 Å². The highest BCUT2D eigenvalue weighted by atomic mass is 35.5. The summed E-state index contributed by atoms with van der Waals surface area (Å²) in [5.41, 5.74) is 0.867. The molecule has 28 heavy (non-hydrogen) atoms. The maximum absolute atomic E-state index is 12.1. The Morgan fingerprint density at radius 1 is 1.39 bits per heavy atom. The lowest BCUT2D eigenvalue weighted by Crippen LogP contribution is -2.49. The van der Waals surface area contributed by atoms with Crippen LogP contribution in [0.2, 0.25) is 0 Å². The van der Waals surface area contributed by atoms with Crippen LogP contribution in [0.3, 0.4) is 0 Å². The lowest BCUT2D eigenvalue weighted by molar-refractivity contribution is -0.161. The highest BCUT2D eigenvalue weighted by molar-refractivity contribution is 6.26. The van der Waals surface area contributed by atoms with Crippen molar-refractivity contribution in [3.05, 3.63) is 24.8 Å². The first kappa shape index (κ1) is 23.5. The van der Waals surface area contributed by atoms with Gasteiger partial charge in [0.25, 0.3) is 0 Å². The topological polar surface area (TPSA) is 46.5 Å². The number of hydrogen-bond acceptors (Lipinski definition) is 3. The molecule has 0 aromatic heterocycles. The van der Waals surface area contributed by atoms with Crippen LogP contribution < -0.4 is 0 Å². The molecule has 0 amide bonds. The zero-order valence-electron chi connectivity index (χ0n) is 18.3. The standard InChI is InChI=1S/C24H39ClO3/c1-8-16(4)19-11-21(28-22(27)13-25)23(7)14-24(18(19)6,10-9-17(23)5)12-20(26)15(2)3/h8,15,17-21,26H,1,4,9-14H2,2-3,5-7H3/t17?,18-,19-,20-,21+,23-,24+/m0/s1. The van der Waals surface area contributed by atoms with E-state index in [-0.39, 0.29) is 46.7 Å². The molecule has 1 N–H and O–H groups in total. The molecule has 0 saturated heterocycles. The number of halogens is 1. The summed E-state index contributed by atoms with van der Waals surface area (Å²) in [4.78, 5) is 12.1. The van der Waals surface area contributed by atoms with Crippen LogP contribution in [0.25, 0.3) is 0 Å². The van der Waals surface area contributed by atoms with Gasteiger partial charge >= 0.3 is 5.97 Å². The largest absolute Gasteiger partial charge is 0.461 e. The Balaban J connectivity index is 2.53. The van der Waals surface area contributed by atoms with Gasteiger partial charge in [0.05, 0.1) is 6.10 Å². The van der Waals surface area contributed by atoms with Gasteiger partial charge in [-0.15, -0.1) is 11.6 Å². The van der Waals surface area contributed by atoms with E-state index < -0.39 is 0 Å². The highest BCUT2D eigenvalue weighted by Crippen LogP contribution is 2.62. The summed E-state index contributed by atoms with van der Waals surface area (Å²) in [7, 11) is 0. The molecule has 0 spiro atoms. The van der Waals surface area contributed by atoms with E-state index in [9.17, 15) is 9.90 Å². The predicted molar refractivity (Wildman–Crippen MR) is 116 cm³/mol. The first-order valence-corrected chi connectivity index (χ1v) is 11.3. The van der Waals surface area contributed by atoms with Crippen molar-refractivity contribution >= 4 is 17.6 Å². The second kappa shape index (κ2) is 8.92. The van der Waals surface area contributed by atoms with E-state index in [4.69, 9.17) is 16.3 Å². The SMILES string of the molecule is C=CC(=C)[C@@H]1C[C@@H](OC(=O)CCl)[C@@]2(C)C[C@](C[C@H](O)C(C)C)(CCC2C)[C@H]1C. The van der Waals surface area contributed by atoms with Crippen LogP contribution >= 0.6 is 11.6 Å². The average molecular weight is 411 g/mol. The first-order chi connectivity index (χ1) is 13.0. The molecule has 0 aromatic carbocycles. The quantitative estimate of drug-likeness (QED) is 0.330. The number of esters is 1. The molecule has 2 bridgehead atoms. The second-order valence-corrected chi connectivity index (χ2v) is 10.3. The summed E-state index contributed by atoms with van der Waals surface area (Å²) < 4.78 is 5.94. The highest BCUT2D eigenvalue weighted by Gasteiger charge is 2.57. The van der Waals surface area contributed by atoms with E-state index in [2.05, 4.69) is 47.8 Å². The van der Waals surface area contributed by atoms with E-state index in [0.717, 1.165) is 37.7 Å². The summed E-state index contributed by atoms with van der Waals surface area (Å²) in [6.07, 6.45) is 5.96. The fraction of sp³-hybridized carbons (Fsp3) is 0.792. The first-order valence-electron chi connectivity index (χ1n) is 10.8. The molecule has 0 heterocycles. The van der Waals surface area contributed by atoms with Gasteiger partial charge in [0.2, 0.25) is 0 Å². The number of hydrogen-bond donors (Lipinski definition) is 1. The molecule has 0 radical (unpaired) electrons. The fourth-order valence-corrected chi connectivity index (χ4v) is 5.88. The molecule has 0 aromatic rings. The normalized spacial score (nSPS) is 39.1. The summed E-state index contributed by atoms with van der Waals surface area (Å²) in [5.74, 6) is 0.696. The number of allylic oxidation sites excluding steroid dienone is 2. The van der Waals surface area contributed by atoms with Gasteiger partial charge < -0.3 is 9.84 Å². The third-order valence-electron chi connectivity index (χ3n) is 8.21. The van der Waals surface area contributed by atoms with E-state index in [1.807, 2.05) is 6.08 Å². The van der Waals surface area contributed by atoms with E-state index in [1.165, 1.54) is 0 Å². The number of alkyl halides is 1. The van der Waals surface area contributed by atoms with Crippen LogP contribution in [-0.2, 0) is 9.53 Å². The molecule has 2 aliphatic carbocycles. The third-order valence-corrected chi connectivity index (χ3v) is 8.43. The average Bonchev–Trinajstić information content (AvgIpc) is 2.72. The van der Waals surface area contributed by atoms with Crippen LogP contribution in [0, 0.1) is 34.5 Å². The minimum atomic E-state index is -0.351. The molecular formula is C24H39ClO3. The summed E-state index contributed by atoms with van der Waals surface area (Å²) in [6.45, 7) is 19.2. The van der Waals surface area contributed by atoms with Crippen LogP contribution in [0.15, 0.2) is 24.8 Å². The number of rotatable bonds is 7. The van der Waals surface area contributed by atoms with Gasteiger partial charge in [-0.2, -0.15) is 0 Å². The van der Waals surface area contributed by atoms with Gasteiger partial charge in [0.1, 0.15) is 12.0 Å². The maximum Gasteiger partial charge on any atom is 0.321 e. The maximum atomic E-state index is 12.1. The van der Waals surface area contributed by atoms with Gasteiger partial charge in [-0.1, -0.05) is 59.4 Å². The number of carbonyl (C=O) groups excluding carboxylic acids is 1. The van der Waals surface area contributed by atoms with E-state index >= 15 is 0 Å². The Bertz CT molecular complexity index is 601. The molecule has 4 heteroatoms. The second-order valence-electron chi connectivity index (χ2n) is 10.0. The molecule has 2 saturated carbocycles. The van der Waals surface area contributed by atoms with Crippen molar-refractivity contribution in [1.82, 2.24) is 0 Å². The molecule has 160 valence electrons. The molecule has 0 aliphatic heterocycles. The number of aliphatic hydroxyl groups is 1. The summed E-state index contributed by atoms with van der Waals surface area (Å²) >= 11 is 5.77. The monoisotopic (exact) mass is 410 g/mol. The summed E-state index contributed by atoms with van der Waals surface area (Å²) in [5, 5.41) is 10.8. The smallest absolute Gasteiger partial charge is 0.321 e. The molecule has 2 fully saturated rings. The fourth-order valence-electron chi connectivity index (χ4n) is 5.81. The Morgan fingerprint density at radius 3 is 2.57 bits per heavy atom. The minimum absolute atomic E-state index is 0.00366. The third kappa shape index (κ3) is 4.36. The lowest BCUT2D eigenvalue weighted by atomic mass is 9.52. The van der Waals surface area contributed by atoms with Crippen LogP contribution in [-0.4, -0.2) is 29.2 Å². The molecule has 1 unspecified atom stereocenters. The molecule has 3 nitrogen and oxygen atoms in total. The van der Waals surface area contributed by atoms with E-state index in [1.54, 1.807) is 0 Å². The van der Waals surface area contributed by atoms with Crippen molar-refractivity contribution in [3.63, 3.8) is 0 Å². The van der Waals surface area contributed by atoms with Gasteiger partial charge in [0, 0.05) is 5.41 Å². The number of carbonyl (C=O) groups is 1. The van der Waals surface area contributed by atoms with Crippen LogP contribution in [0.1, 0.15) is 66.7 Å². The van der Waals surface area contributed by atoms with Gasteiger partial charge in [0.15, 0.2) is 0 Å². The minimum Gasteiger partial charge on any atom is -0.461 e. The van der Waals surface area contributed by atoms with Crippen molar-refractivity contribution in [1.29, 1.82) is 0 Å². The zero-order valence-corrected chi connectivity index (χ0v) is 19.1. The van der Waals surface area contributed by atoms with Gasteiger partial charge in [-0.05, 0) is 61.2 Å². The van der Waals surface area contributed by atoms with Crippen molar-refractivity contribution in [2.45, 2.75) is 78.9 Å². The number of aliphatic hydroxyl groups excluding tert-OH is 1. The van der Waals surface area contributed by atoms with Gasteiger partial charge in [-0.25, -0.2) is 0 Å².